The van der Waals surface area contributed by atoms with E-state index < -0.39 is 0 Å². The van der Waals surface area contributed by atoms with Crippen molar-refractivity contribution in [2.75, 3.05) is 16.9 Å². The summed E-state index contributed by atoms with van der Waals surface area (Å²) in [5.74, 6) is 7.09. The van der Waals surface area contributed by atoms with Crippen molar-refractivity contribution in [3.05, 3.63) is 30.4 Å². The second kappa shape index (κ2) is 9.25. The third-order valence-corrected chi connectivity index (χ3v) is 4.79. The summed E-state index contributed by atoms with van der Waals surface area (Å²) in [6, 6.07) is 3.59. The first kappa shape index (κ1) is 19.0. The van der Waals surface area contributed by atoms with Gasteiger partial charge in [-0.3, -0.25) is 9.99 Å². The fourth-order valence-corrected chi connectivity index (χ4v) is 3.28. The van der Waals surface area contributed by atoms with E-state index >= 15 is 0 Å². The van der Waals surface area contributed by atoms with Gasteiger partial charge in [-0.15, -0.1) is 0 Å². The van der Waals surface area contributed by atoms with E-state index in [0.717, 1.165) is 43.5 Å². The molecule has 0 aromatic carbocycles. The van der Waals surface area contributed by atoms with Crippen LogP contribution in [-0.4, -0.2) is 22.7 Å². The van der Waals surface area contributed by atoms with Crippen molar-refractivity contribution in [1.29, 1.82) is 5.26 Å². The summed E-state index contributed by atoms with van der Waals surface area (Å²) < 4.78 is 0. The van der Waals surface area contributed by atoms with E-state index in [9.17, 15) is 0 Å². The molecule has 0 aliphatic heterocycles. The molecule has 1 fully saturated rings. The van der Waals surface area contributed by atoms with Crippen LogP contribution in [0.4, 0.5) is 11.4 Å². The maximum Gasteiger partial charge on any atom is 0.111 e. The minimum absolute atomic E-state index is 0.259. The van der Waals surface area contributed by atoms with Crippen LogP contribution in [0, 0.1) is 23.2 Å². The van der Waals surface area contributed by atoms with E-state index in [0.29, 0.717) is 17.5 Å². The normalized spacial score (nSPS) is 22.1. The second-order valence-electron chi connectivity index (χ2n) is 6.65. The van der Waals surface area contributed by atoms with Crippen LogP contribution in [-0.2, 0) is 0 Å². The summed E-state index contributed by atoms with van der Waals surface area (Å²) in [6.07, 6.45) is 10.1. The van der Waals surface area contributed by atoms with Gasteiger partial charge in [0.15, 0.2) is 0 Å². The molecule has 7 heteroatoms. The van der Waals surface area contributed by atoms with E-state index in [1.807, 2.05) is 0 Å². The van der Waals surface area contributed by atoms with Crippen molar-refractivity contribution in [1.82, 2.24) is 4.98 Å². The molecule has 0 saturated heterocycles. The number of nitriles is 1. The number of aliphatic hydroxyl groups excluding tert-OH is 1. The SMILES string of the molecule is CC(C#N)Nc1ccncc1N(N)/C=C(\N)C1CCC(CCO)CC1. The van der Waals surface area contributed by atoms with E-state index in [-0.39, 0.29) is 12.6 Å². The van der Waals surface area contributed by atoms with Gasteiger partial charge in [0.25, 0.3) is 0 Å². The summed E-state index contributed by atoms with van der Waals surface area (Å²) in [6.45, 7) is 2.04. The molecule has 0 amide bonds. The molecule has 1 aliphatic rings. The average molecular weight is 344 g/mol. The molecule has 136 valence electrons. The number of allylic oxidation sites excluding steroid dienone is 1. The maximum atomic E-state index is 9.05. The quantitative estimate of drug-likeness (QED) is 0.441. The van der Waals surface area contributed by atoms with Gasteiger partial charge < -0.3 is 16.2 Å². The molecule has 1 aliphatic carbocycles. The van der Waals surface area contributed by atoms with Gasteiger partial charge in [0.2, 0.25) is 0 Å². The molecule has 6 N–H and O–H groups in total. The Morgan fingerprint density at radius 2 is 2.24 bits per heavy atom. The summed E-state index contributed by atoms with van der Waals surface area (Å²) in [7, 11) is 0. The molecular weight excluding hydrogens is 316 g/mol. The topological polar surface area (TPSA) is 124 Å². The Balaban J connectivity index is 2.04. The van der Waals surface area contributed by atoms with E-state index in [1.54, 1.807) is 31.6 Å². The first-order valence-corrected chi connectivity index (χ1v) is 8.77. The standard InChI is InChI=1S/C18H28N6O/c1-13(10-19)23-17-6-8-22-11-18(17)24(21)12-16(20)15-4-2-14(3-5-15)7-9-25/h6,8,11-15,25H,2-5,7,9,20-21H2,1H3,(H,22,23)/b16-12-. The number of nitrogens with zero attached hydrogens (tertiary/aromatic N) is 3. The van der Waals surface area contributed by atoms with Crippen molar-refractivity contribution < 1.29 is 5.11 Å². The van der Waals surface area contributed by atoms with Crippen LogP contribution >= 0.6 is 0 Å². The van der Waals surface area contributed by atoms with E-state index in [2.05, 4.69) is 16.4 Å². The number of hydrogen-bond acceptors (Lipinski definition) is 7. The lowest BCUT2D eigenvalue weighted by Crippen LogP contribution is -2.30. The van der Waals surface area contributed by atoms with Gasteiger partial charge in [-0.2, -0.15) is 5.26 Å². The molecular formula is C18H28N6O. The van der Waals surface area contributed by atoms with E-state index in [4.69, 9.17) is 21.9 Å². The van der Waals surface area contributed by atoms with Gasteiger partial charge in [-0.25, -0.2) is 5.84 Å². The summed E-state index contributed by atoms with van der Waals surface area (Å²) in [4.78, 5) is 4.11. The van der Waals surface area contributed by atoms with Gasteiger partial charge in [0, 0.05) is 24.7 Å². The Morgan fingerprint density at radius 3 is 2.88 bits per heavy atom. The Bertz CT molecular complexity index is 618. The molecule has 1 saturated carbocycles. The zero-order chi connectivity index (χ0) is 18.2. The average Bonchev–Trinajstić information content (AvgIpc) is 2.62. The molecule has 1 unspecified atom stereocenters. The zero-order valence-electron chi connectivity index (χ0n) is 14.7. The lowest BCUT2D eigenvalue weighted by molar-refractivity contribution is 0.214. The highest BCUT2D eigenvalue weighted by atomic mass is 16.3. The van der Waals surface area contributed by atoms with Crippen LogP contribution in [0.2, 0.25) is 0 Å². The molecule has 25 heavy (non-hydrogen) atoms. The number of nitrogens with one attached hydrogen (secondary N) is 1. The van der Waals surface area contributed by atoms with Crippen molar-refractivity contribution in [3.8, 4) is 6.07 Å². The molecule has 0 radical (unpaired) electrons. The minimum Gasteiger partial charge on any atom is -0.401 e. The number of hydrogen-bond donors (Lipinski definition) is 4. The summed E-state index contributed by atoms with van der Waals surface area (Å²) in [5, 5.41) is 22.6. The lowest BCUT2D eigenvalue weighted by atomic mass is 9.79. The minimum atomic E-state index is -0.335. The number of pyridine rings is 1. The predicted octanol–water partition coefficient (Wildman–Crippen LogP) is 2.07. The maximum absolute atomic E-state index is 9.05. The fourth-order valence-electron chi connectivity index (χ4n) is 3.28. The molecule has 0 bridgehead atoms. The Labute approximate surface area is 149 Å². The van der Waals surface area contributed by atoms with Crippen LogP contribution in [0.25, 0.3) is 0 Å². The van der Waals surface area contributed by atoms with Crippen molar-refractivity contribution in [2.24, 2.45) is 23.4 Å². The number of anilines is 2. The van der Waals surface area contributed by atoms with Gasteiger partial charge in [0.1, 0.15) is 6.04 Å². The monoisotopic (exact) mass is 344 g/mol. The predicted molar refractivity (Wildman–Crippen MR) is 99.0 cm³/mol. The molecule has 7 nitrogen and oxygen atoms in total. The number of aromatic nitrogens is 1. The number of rotatable bonds is 7. The zero-order valence-corrected chi connectivity index (χ0v) is 14.7. The molecule has 2 rings (SSSR count). The van der Waals surface area contributed by atoms with Crippen LogP contribution in [0.15, 0.2) is 30.4 Å². The highest BCUT2D eigenvalue weighted by molar-refractivity contribution is 5.69. The molecule has 1 aromatic heterocycles. The van der Waals surface area contributed by atoms with Crippen LogP contribution in [0.5, 0.6) is 0 Å². The fraction of sp³-hybridized carbons (Fsp3) is 0.556. The van der Waals surface area contributed by atoms with Gasteiger partial charge in [-0.1, -0.05) is 0 Å². The van der Waals surface area contributed by atoms with Crippen LogP contribution in [0.1, 0.15) is 39.0 Å². The first-order chi connectivity index (χ1) is 12.0. The van der Waals surface area contributed by atoms with Crippen LogP contribution < -0.4 is 21.9 Å². The van der Waals surface area contributed by atoms with Crippen LogP contribution in [0.3, 0.4) is 0 Å². The Morgan fingerprint density at radius 1 is 1.52 bits per heavy atom. The third-order valence-electron chi connectivity index (χ3n) is 4.79. The molecule has 0 spiro atoms. The Kier molecular flexibility index (Phi) is 7.04. The van der Waals surface area contributed by atoms with Gasteiger partial charge >= 0.3 is 0 Å². The molecule has 1 heterocycles. The second-order valence-corrected chi connectivity index (χ2v) is 6.65. The van der Waals surface area contributed by atoms with E-state index in [1.165, 1.54) is 5.01 Å². The lowest BCUT2D eigenvalue weighted by Gasteiger charge is -2.29. The highest BCUT2D eigenvalue weighted by Gasteiger charge is 2.23. The van der Waals surface area contributed by atoms with Gasteiger partial charge in [-0.05, 0) is 56.9 Å². The summed E-state index contributed by atoms with van der Waals surface area (Å²) >= 11 is 0. The van der Waals surface area contributed by atoms with Gasteiger partial charge in [0.05, 0.1) is 23.6 Å². The highest BCUT2D eigenvalue weighted by Crippen LogP contribution is 2.33. The number of nitrogens with two attached hydrogens (primary N) is 2. The molecule has 1 aromatic rings. The molecule has 1 atom stereocenters. The number of aliphatic hydroxyl groups is 1. The number of hydrazine groups is 1. The summed E-state index contributed by atoms with van der Waals surface area (Å²) in [5.41, 5.74) is 8.44. The van der Waals surface area contributed by atoms with Crippen molar-refractivity contribution >= 4 is 11.4 Å². The smallest absolute Gasteiger partial charge is 0.111 e. The largest absolute Gasteiger partial charge is 0.401 e. The van der Waals surface area contributed by atoms with Crippen molar-refractivity contribution in [2.45, 2.75) is 45.1 Å². The first-order valence-electron chi connectivity index (χ1n) is 8.77. The third kappa shape index (κ3) is 5.34. The van der Waals surface area contributed by atoms with Crippen molar-refractivity contribution in [3.63, 3.8) is 0 Å². The Hall–Kier alpha value is -2.30.